The van der Waals surface area contributed by atoms with Crippen molar-refractivity contribution in [1.29, 1.82) is 0 Å². The van der Waals surface area contributed by atoms with E-state index in [4.69, 9.17) is 4.74 Å². The van der Waals surface area contributed by atoms with E-state index in [2.05, 4.69) is 37.7 Å². The number of nitrogens with one attached hydrogen (secondary N) is 3. The van der Waals surface area contributed by atoms with Gasteiger partial charge in [-0.05, 0) is 67.4 Å². The number of fused-ring (bicyclic) bond motifs is 7. The molecule has 6 heterocycles. The van der Waals surface area contributed by atoms with Crippen molar-refractivity contribution >= 4 is 40.6 Å². The first-order valence-corrected chi connectivity index (χ1v) is 15.7. The molecule has 0 saturated carbocycles. The van der Waals surface area contributed by atoms with Crippen LogP contribution in [0.1, 0.15) is 28.9 Å². The number of methoxy groups -OCH3 is 1. The number of amides is 2. The maximum Gasteiger partial charge on any atom is 0.290 e. The molecule has 1 unspecified atom stereocenters. The van der Waals surface area contributed by atoms with Crippen molar-refractivity contribution in [2.75, 3.05) is 63.6 Å². The fourth-order valence-corrected chi connectivity index (χ4v) is 6.72. The minimum absolute atomic E-state index is 0.0271. The van der Waals surface area contributed by atoms with E-state index in [1.165, 1.54) is 11.5 Å². The number of rotatable bonds is 3. The second-order valence-corrected chi connectivity index (χ2v) is 12.2. The second kappa shape index (κ2) is 13.5. The molecule has 2 saturated heterocycles. The van der Waals surface area contributed by atoms with E-state index in [0.29, 0.717) is 79.1 Å². The van der Waals surface area contributed by atoms with Gasteiger partial charge >= 0.3 is 0 Å². The Labute approximate surface area is 263 Å². The van der Waals surface area contributed by atoms with E-state index < -0.39 is 18.0 Å². The zero-order chi connectivity index (χ0) is 31.5. The van der Waals surface area contributed by atoms with Gasteiger partial charge in [0.25, 0.3) is 11.7 Å². The number of hydrogen-bond acceptors (Lipinski definition) is 8. The zero-order valence-corrected chi connectivity index (χ0v) is 25.5. The molecule has 2 amide bonds. The molecule has 10 nitrogen and oxygen atoms in total. The summed E-state index contributed by atoms with van der Waals surface area (Å²) >= 11 is 0.336. The van der Waals surface area contributed by atoms with Crippen LogP contribution in [0.5, 0.6) is 5.75 Å². The number of nitrogens with zero attached hydrogens (tertiary/aromatic N) is 4. The van der Waals surface area contributed by atoms with Crippen LogP contribution in [-0.2, 0) is 4.79 Å². The summed E-state index contributed by atoms with van der Waals surface area (Å²) in [6.45, 7) is 2.78. The van der Waals surface area contributed by atoms with Crippen molar-refractivity contribution < 1.29 is 27.5 Å². The lowest BCUT2D eigenvalue weighted by Gasteiger charge is -2.36. The predicted octanol–water partition coefficient (Wildman–Crippen LogP) is 3.54. The summed E-state index contributed by atoms with van der Waals surface area (Å²) in [5.41, 5.74) is 1.98. The molecule has 45 heavy (non-hydrogen) atoms. The number of thioether (sulfide) groups is 1. The summed E-state index contributed by atoms with van der Waals surface area (Å²) in [6, 6.07) is 7.85. The number of alkyl halides is 3. The lowest BCUT2D eigenvalue weighted by molar-refractivity contribution is -0.137. The van der Waals surface area contributed by atoms with Crippen LogP contribution in [0.15, 0.2) is 41.6 Å². The van der Waals surface area contributed by atoms with Gasteiger partial charge in [-0.1, -0.05) is 5.92 Å². The molecule has 2 fully saturated rings. The Bertz CT molecular complexity index is 1640. The maximum absolute atomic E-state index is 15.5. The lowest BCUT2D eigenvalue weighted by Crippen LogP contribution is -2.51. The number of piperidine rings is 1. The molecule has 4 aliphatic rings. The normalized spacial score (nSPS) is 24.1. The summed E-state index contributed by atoms with van der Waals surface area (Å²) in [6.07, 6.45) is 1.36. The van der Waals surface area contributed by atoms with Crippen LogP contribution in [0.25, 0.3) is 5.65 Å². The van der Waals surface area contributed by atoms with Crippen molar-refractivity contribution in [3.8, 4) is 17.6 Å². The van der Waals surface area contributed by atoms with E-state index in [1.807, 2.05) is 0 Å². The molecule has 4 aliphatic heterocycles. The summed E-state index contributed by atoms with van der Waals surface area (Å²) in [4.78, 5) is 34.6. The average Bonchev–Trinajstić information content (AvgIpc) is 3.64. The van der Waals surface area contributed by atoms with Gasteiger partial charge in [-0.2, -0.15) is 8.78 Å². The SMILES string of the molecule is COc1ccc2cc1NCC#Cc1nc3c(cccn3c1SC(F)F)N[C@@H]1CCN(C[C@@H]1F)C(=O)[C@@H]1CCN(CCNC2=O)C1. The number of hydrogen-bond donors (Lipinski definition) is 3. The van der Waals surface area contributed by atoms with Gasteiger partial charge in [0.05, 0.1) is 43.5 Å². The molecule has 3 N–H and O–H groups in total. The highest BCUT2D eigenvalue weighted by molar-refractivity contribution is 7.99. The number of imidazole rings is 1. The highest BCUT2D eigenvalue weighted by atomic mass is 32.2. The maximum atomic E-state index is 15.5. The van der Waals surface area contributed by atoms with Gasteiger partial charge in [0.15, 0.2) is 5.65 Å². The van der Waals surface area contributed by atoms with Crippen LogP contribution in [0.2, 0.25) is 0 Å². The van der Waals surface area contributed by atoms with Crippen molar-refractivity contribution in [3.05, 3.63) is 47.8 Å². The third-order valence-electron chi connectivity index (χ3n) is 8.37. The minimum atomic E-state index is -2.71. The largest absolute Gasteiger partial charge is 0.495 e. The van der Waals surface area contributed by atoms with Crippen LogP contribution in [-0.4, -0.2) is 102 Å². The molecule has 14 heteroatoms. The average molecular weight is 642 g/mol. The van der Waals surface area contributed by atoms with Crippen molar-refractivity contribution in [3.63, 3.8) is 0 Å². The number of ether oxygens (including phenoxy) is 1. The van der Waals surface area contributed by atoms with Crippen molar-refractivity contribution in [1.82, 2.24) is 24.5 Å². The molecule has 4 atom stereocenters. The van der Waals surface area contributed by atoms with Gasteiger partial charge in [-0.15, -0.1) is 0 Å². The molecule has 7 rings (SSSR count). The van der Waals surface area contributed by atoms with E-state index in [1.54, 1.807) is 41.4 Å². The third kappa shape index (κ3) is 6.79. The number of carbonyl (C=O) groups is 2. The summed E-state index contributed by atoms with van der Waals surface area (Å²) < 4.78 is 49.7. The third-order valence-corrected chi connectivity index (χ3v) is 9.16. The van der Waals surface area contributed by atoms with Crippen LogP contribution >= 0.6 is 11.8 Å². The van der Waals surface area contributed by atoms with E-state index in [-0.39, 0.29) is 41.5 Å². The summed E-state index contributed by atoms with van der Waals surface area (Å²) in [5.74, 6) is 3.10. The smallest absolute Gasteiger partial charge is 0.290 e. The van der Waals surface area contributed by atoms with Gasteiger partial charge in [0.1, 0.15) is 22.6 Å². The quantitative estimate of drug-likeness (QED) is 0.295. The summed E-state index contributed by atoms with van der Waals surface area (Å²) in [7, 11) is 1.52. The van der Waals surface area contributed by atoms with Gasteiger partial charge in [0.2, 0.25) is 5.91 Å². The molecule has 0 spiro atoms. The van der Waals surface area contributed by atoms with Crippen molar-refractivity contribution in [2.45, 2.75) is 35.8 Å². The Morgan fingerprint density at radius 3 is 2.76 bits per heavy atom. The molecule has 2 aromatic heterocycles. The van der Waals surface area contributed by atoms with E-state index in [0.717, 1.165) is 6.54 Å². The van der Waals surface area contributed by atoms with Gasteiger partial charge in [-0.3, -0.25) is 14.0 Å². The van der Waals surface area contributed by atoms with Gasteiger partial charge < -0.3 is 30.5 Å². The molecule has 1 aromatic carbocycles. The van der Waals surface area contributed by atoms with Crippen LogP contribution in [0.3, 0.4) is 0 Å². The number of benzene rings is 1. The monoisotopic (exact) mass is 641 g/mol. The molecule has 0 radical (unpaired) electrons. The molecule has 0 aliphatic carbocycles. The standard InChI is InChI=1S/C31H34F3N7O3S/c1-44-26-7-6-19-16-25(26)35-10-2-4-24-30(45-31(33)34)41-12-3-5-23(27(41)38-24)37-22-9-14-40(18-21(22)32)29(43)20-8-13-39(17-20)15-11-36-28(19)42/h3,5-7,12,16,20-22,31,35,37H,8-11,13-15,17-18H2,1H3,(H,36,42)/t20-,21+,22-/m1/s1. The Morgan fingerprint density at radius 1 is 1.09 bits per heavy atom. The molecule has 3 aromatic rings. The Kier molecular flexibility index (Phi) is 9.27. The first-order valence-electron chi connectivity index (χ1n) is 14.9. The van der Waals surface area contributed by atoms with E-state index >= 15 is 4.39 Å². The number of carbonyl (C=O) groups excluding carboxylic acids is 2. The van der Waals surface area contributed by atoms with Crippen LogP contribution < -0.4 is 20.7 Å². The molecular formula is C31H34F3N7O3S. The Hall–Kier alpha value is -4.09. The van der Waals surface area contributed by atoms with Gasteiger partial charge in [0, 0.05) is 37.9 Å². The first-order chi connectivity index (χ1) is 21.8. The molecule has 238 valence electrons. The number of aromatic nitrogens is 2. The molecular weight excluding hydrogens is 607 g/mol. The second-order valence-electron chi connectivity index (χ2n) is 11.2. The summed E-state index contributed by atoms with van der Waals surface area (Å²) in [5, 5.41) is 9.47. The Morgan fingerprint density at radius 2 is 1.96 bits per heavy atom. The first kappa shape index (κ1) is 30.9. The number of pyridine rings is 1. The van der Waals surface area contributed by atoms with E-state index in [9.17, 15) is 18.4 Å². The van der Waals surface area contributed by atoms with Crippen LogP contribution in [0, 0.1) is 17.8 Å². The number of halogens is 3. The fourth-order valence-electron chi connectivity index (χ4n) is 6.08. The fraction of sp³-hybridized carbons (Fsp3) is 0.452. The highest BCUT2D eigenvalue weighted by Gasteiger charge is 2.37. The number of anilines is 2. The van der Waals surface area contributed by atoms with Crippen molar-refractivity contribution in [2.24, 2.45) is 5.92 Å². The minimum Gasteiger partial charge on any atom is -0.495 e. The molecule has 8 bridgehead atoms. The zero-order valence-electron chi connectivity index (χ0n) is 24.7. The lowest BCUT2D eigenvalue weighted by atomic mass is 9.99. The predicted molar refractivity (Wildman–Crippen MR) is 166 cm³/mol. The van der Waals surface area contributed by atoms with Gasteiger partial charge in [-0.25, -0.2) is 9.37 Å². The topological polar surface area (TPSA) is 103 Å². The Balaban J connectivity index is 1.32. The highest BCUT2D eigenvalue weighted by Crippen LogP contribution is 2.33. The van der Waals surface area contributed by atoms with Crippen LogP contribution in [0.4, 0.5) is 24.5 Å².